The Morgan fingerprint density at radius 2 is 1.40 bits per heavy atom. The molecule has 0 saturated heterocycles. The molecule has 4 aliphatic carbocycles. The van der Waals surface area contributed by atoms with Crippen molar-refractivity contribution in [1.82, 2.24) is 46.2 Å². The van der Waals surface area contributed by atoms with Crippen LogP contribution in [0.15, 0.2) is 66.7 Å². The van der Waals surface area contributed by atoms with E-state index < -0.39 is 0 Å². The third-order valence-electron chi connectivity index (χ3n) is 10.3. The minimum atomic E-state index is -0.164. The van der Waals surface area contributed by atoms with Gasteiger partial charge in [-0.15, -0.1) is 20.4 Å². The van der Waals surface area contributed by atoms with Crippen molar-refractivity contribution in [2.24, 2.45) is 23.2 Å². The number of nitrogens with zero attached hydrogens (tertiary/aromatic N) is 6. The van der Waals surface area contributed by atoms with Crippen LogP contribution >= 0.6 is 0 Å². The van der Waals surface area contributed by atoms with Crippen molar-refractivity contribution in [2.75, 3.05) is 5.32 Å². The Kier molecular flexibility index (Phi) is 5.94. The summed E-state index contributed by atoms with van der Waals surface area (Å²) < 4.78 is 0. The van der Waals surface area contributed by atoms with Crippen molar-refractivity contribution in [2.45, 2.75) is 44.9 Å². The van der Waals surface area contributed by atoms with Gasteiger partial charge in [0, 0.05) is 28.2 Å². The Labute approximate surface area is 258 Å². The number of amides is 1. The lowest BCUT2D eigenvalue weighted by Crippen LogP contribution is -2.47. The fourth-order valence-corrected chi connectivity index (χ4v) is 8.96. The fourth-order valence-electron chi connectivity index (χ4n) is 8.96. The number of hydrogen-bond acceptors (Lipinski definition) is 7. The first kappa shape index (κ1) is 26.2. The van der Waals surface area contributed by atoms with Crippen LogP contribution in [-0.2, 0) is 6.42 Å². The van der Waals surface area contributed by atoms with Crippen LogP contribution in [0.4, 0.5) is 5.69 Å². The fraction of sp³-hybridized carbons (Fsp3) is 0.324. The van der Waals surface area contributed by atoms with Gasteiger partial charge in [-0.2, -0.15) is 10.4 Å². The second-order valence-electron chi connectivity index (χ2n) is 13.5. The van der Waals surface area contributed by atoms with Crippen molar-refractivity contribution < 1.29 is 4.79 Å². The number of fused-ring (bicyclic) bond motifs is 1. The summed E-state index contributed by atoms with van der Waals surface area (Å²) in [6, 6.07) is 22.4. The van der Waals surface area contributed by atoms with Gasteiger partial charge in [0.25, 0.3) is 5.91 Å². The van der Waals surface area contributed by atoms with Gasteiger partial charge >= 0.3 is 0 Å². The second kappa shape index (κ2) is 10.2. The van der Waals surface area contributed by atoms with Crippen molar-refractivity contribution in [1.29, 1.82) is 0 Å². The summed E-state index contributed by atoms with van der Waals surface area (Å²) in [5, 5.41) is 34.5. The summed E-state index contributed by atoms with van der Waals surface area (Å²) >= 11 is 0. The number of carbonyl (C=O) groups excluding carboxylic acids is 1. The Hall–Kier alpha value is -5.19. The molecule has 11 heteroatoms. The van der Waals surface area contributed by atoms with Crippen molar-refractivity contribution in [3.05, 3.63) is 78.0 Å². The average Bonchev–Trinajstić information content (AvgIpc) is 3.83. The van der Waals surface area contributed by atoms with Gasteiger partial charge in [-0.25, -0.2) is 0 Å². The summed E-state index contributed by atoms with van der Waals surface area (Å²) in [6.07, 6.45) is 8.86. The number of aromatic amines is 3. The smallest absolute Gasteiger partial charge is 0.257 e. The molecule has 4 saturated carbocycles. The summed E-state index contributed by atoms with van der Waals surface area (Å²) in [7, 11) is 0. The molecule has 4 fully saturated rings. The van der Waals surface area contributed by atoms with E-state index >= 15 is 0 Å². The van der Waals surface area contributed by atoms with E-state index in [0.717, 1.165) is 41.1 Å². The number of H-pyrrole nitrogens is 3. The maximum atomic E-state index is 14.2. The summed E-state index contributed by atoms with van der Waals surface area (Å²) in [5.41, 5.74) is 5.90. The van der Waals surface area contributed by atoms with E-state index in [2.05, 4.69) is 94.0 Å². The molecule has 1 amide bonds. The highest BCUT2D eigenvalue weighted by atomic mass is 16.1. The Balaban J connectivity index is 1.10. The first-order valence-corrected chi connectivity index (χ1v) is 15.7. The molecule has 0 radical (unpaired) electrons. The quantitative estimate of drug-likeness (QED) is 0.171. The van der Waals surface area contributed by atoms with Gasteiger partial charge in [0.2, 0.25) is 11.6 Å². The molecule has 10 rings (SSSR count). The Morgan fingerprint density at radius 3 is 2.02 bits per heavy atom. The zero-order valence-corrected chi connectivity index (χ0v) is 24.6. The molecule has 224 valence electrons. The molecule has 4 N–H and O–H groups in total. The number of hydrogen-bond donors (Lipinski definition) is 4. The van der Waals surface area contributed by atoms with E-state index in [-0.39, 0.29) is 11.3 Å². The Morgan fingerprint density at radius 1 is 0.756 bits per heavy atom. The topological polar surface area (TPSA) is 154 Å². The van der Waals surface area contributed by atoms with Crippen LogP contribution in [-0.4, -0.2) is 52.1 Å². The zero-order valence-electron chi connectivity index (χ0n) is 24.6. The van der Waals surface area contributed by atoms with Gasteiger partial charge < -0.3 is 10.3 Å². The third-order valence-corrected chi connectivity index (χ3v) is 10.3. The summed E-state index contributed by atoms with van der Waals surface area (Å²) in [4.78, 5) is 18.0. The molecule has 3 heterocycles. The van der Waals surface area contributed by atoms with E-state index in [9.17, 15) is 4.79 Å². The molecule has 4 bridgehead atoms. The monoisotopic (exact) mass is 596 g/mol. The SMILES string of the molecule is O=C(Nc1cc(-c2nn[nH]n2)cc(-c2nn[nH]n2)c1)c1cc(-c2ccc3ccccc3c2)[nH]c1CC12CC3CC(CC(C3)C1)C2. The van der Waals surface area contributed by atoms with Gasteiger partial charge in [-0.3, -0.25) is 4.79 Å². The van der Waals surface area contributed by atoms with Crippen LogP contribution < -0.4 is 5.32 Å². The molecule has 6 aromatic rings. The highest BCUT2D eigenvalue weighted by Gasteiger charge is 2.51. The van der Waals surface area contributed by atoms with Gasteiger partial charge in [0.1, 0.15) is 0 Å². The molecule has 0 atom stereocenters. The lowest BCUT2D eigenvalue weighted by atomic mass is 9.48. The molecular formula is C34H32N10O. The Bertz CT molecular complexity index is 1940. The third kappa shape index (κ3) is 4.79. The molecule has 4 aliphatic rings. The normalized spacial score (nSPS) is 23.5. The first-order chi connectivity index (χ1) is 22.1. The molecule has 11 nitrogen and oxygen atoms in total. The minimum absolute atomic E-state index is 0.164. The molecular weight excluding hydrogens is 564 g/mol. The number of nitrogens with one attached hydrogen (secondary N) is 4. The number of rotatable bonds is 7. The average molecular weight is 597 g/mol. The summed E-state index contributed by atoms with van der Waals surface area (Å²) in [6.45, 7) is 0. The minimum Gasteiger partial charge on any atom is -0.358 e. The van der Waals surface area contributed by atoms with Crippen molar-refractivity contribution >= 4 is 22.4 Å². The van der Waals surface area contributed by atoms with E-state index in [1.54, 1.807) is 0 Å². The van der Waals surface area contributed by atoms with E-state index in [1.807, 2.05) is 24.3 Å². The predicted octanol–water partition coefficient (Wildman–Crippen LogP) is 6.21. The van der Waals surface area contributed by atoms with E-state index in [0.29, 0.717) is 34.0 Å². The van der Waals surface area contributed by atoms with Crippen LogP contribution in [0.5, 0.6) is 0 Å². The molecule has 0 aliphatic heterocycles. The molecule has 0 unspecified atom stereocenters. The van der Waals surface area contributed by atoms with Crippen LogP contribution in [0.1, 0.15) is 54.6 Å². The second-order valence-corrected chi connectivity index (χ2v) is 13.5. The number of aromatic nitrogens is 9. The number of benzene rings is 3. The number of anilines is 1. The molecule has 0 spiro atoms. The van der Waals surface area contributed by atoms with Crippen LogP contribution in [0.25, 0.3) is 44.8 Å². The predicted molar refractivity (Wildman–Crippen MR) is 169 cm³/mol. The van der Waals surface area contributed by atoms with Gasteiger partial charge in [-0.1, -0.05) is 36.4 Å². The number of tetrazole rings is 2. The largest absolute Gasteiger partial charge is 0.358 e. The maximum absolute atomic E-state index is 14.2. The van der Waals surface area contributed by atoms with Crippen LogP contribution in [0, 0.1) is 23.2 Å². The standard InChI is InChI=1S/C34H32N10O/c45-33(35-27-12-25(31-37-41-42-38-31)11-26(13-27)32-39-43-44-40-32)28-14-29(24-6-5-22-3-1-2-4-23(22)10-24)36-30(28)18-34-15-19-7-20(16-34)9-21(8-19)17-34/h1-6,10-14,19-21,36H,7-9,15-18H2,(H,35,45)(H,37,38,41,42)(H,39,40,43,44). The lowest BCUT2D eigenvalue weighted by Gasteiger charge is -2.57. The van der Waals surface area contributed by atoms with Gasteiger partial charge in [-0.05, 0) is 125 Å². The highest BCUT2D eigenvalue weighted by Crippen LogP contribution is 2.61. The van der Waals surface area contributed by atoms with Crippen LogP contribution in [0.3, 0.4) is 0 Å². The zero-order chi connectivity index (χ0) is 30.0. The highest BCUT2D eigenvalue weighted by molar-refractivity contribution is 6.06. The maximum Gasteiger partial charge on any atom is 0.257 e. The molecule has 3 aromatic heterocycles. The van der Waals surface area contributed by atoms with E-state index in [4.69, 9.17) is 0 Å². The van der Waals surface area contributed by atoms with E-state index in [1.165, 1.54) is 49.3 Å². The number of carbonyl (C=O) groups is 1. The molecule has 45 heavy (non-hydrogen) atoms. The molecule has 3 aromatic carbocycles. The lowest BCUT2D eigenvalue weighted by molar-refractivity contribution is -0.0526. The van der Waals surface area contributed by atoms with Crippen LogP contribution in [0.2, 0.25) is 0 Å². The van der Waals surface area contributed by atoms with Gasteiger partial charge in [0.15, 0.2) is 0 Å². The van der Waals surface area contributed by atoms with Crippen molar-refractivity contribution in [3.8, 4) is 34.0 Å². The summed E-state index contributed by atoms with van der Waals surface area (Å²) in [5.74, 6) is 3.14. The van der Waals surface area contributed by atoms with Gasteiger partial charge in [0.05, 0.1) is 5.56 Å². The van der Waals surface area contributed by atoms with Crippen molar-refractivity contribution in [3.63, 3.8) is 0 Å². The first-order valence-electron chi connectivity index (χ1n) is 15.7.